The molecule has 0 aromatic carbocycles. The number of fused-ring (bicyclic) bond motifs is 5. The van der Waals surface area contributed by atoms with Gasteiger partial charge in [-0.15, -0.1) is 0 Å². The Morgan fingerprint density at radius 3 is 2.39 bits per heavy atom. The predicted molar refractivity (Wildman–Crippen MR) is 109 cm³/mol. The Morgan fingerprint density at radius 2 is 1.68 bits per heavy atom. The fourth-order valence-electron chi connectivity index (χ4n) is 8.73. The molecule has 1 unspecified atom stereocenters. The van der Waals surface area contributed by atoms with Gasteiger partial charge in [-0.2, -0.15) is 0 Å². The Hall–Kier alpha value is -0.610. The molecule has 10 atom stereocenters. The molecule has 0 aromatic rings. The fraction of sp³-hybridized carbons (Fsp3) is 0.958. The zero-order chi connectivity index (χ0) is 20.3. The van der Waals surface area contributed by atoms with Crippen LogP contribution in [-0.4, -0.2) is 33.5 Å². The number of carboxylic acid groups (broad SMARTS) is 1. The Bertz CT molecular complexity index is 605. The third-order valence-electron chi connectivity index (χ3n) is 10.2. The predicted octanol–water partition coefficient (Wildman–Crippen LogP) is 4.48. The van der Waals surface area contributed by atoms with E-state index in [1.165, 1.54) is 25.7 Å². The van der Waals surface area contributed by atoms with E-state index in [0.29, 0.717) is 35.5 Å². The van der Waals surface area contributed by atoms with Crippen LogP contribution in [0.1, 0.15) is 85.0 Å². The lowest BCUT2D eigenvalue weighted by molar-refractivity contribution is -0.174. The van der Waals surface area contributed by atoms with Crippen LogP contribution in [0.5, 0.6) is 0 Å². The molecule has 0 aliphatic heterocycles. The van der Waals surface area contributed by atoms with Crippen LogP contribution in [0.15, 0.2) is 0 Å². The number of rotatable bonds is 4. The van der Waals surface area contributed by atoms with Gasteiger partial charge in [0.2, 0.25) is 0 Å². The summed E-state index contributed by atoms with van der Waals surface area (Å²) in [5.41, 5.74) is 0.523. The van der Waals surface area contributed by atoms with Gasteiger partial charge in [0.05, 0.1) is 12.2 Å². The second-order valence-electron chi connectivity index (χ2n) is 11.4. The third-order valence-corrected chi connectivity index (χ3v) is 10.2. The van der Waals surface area contributed by atoms with Crippen LogP contribution in [0.25, 0.3) is 0 Å². The molecule has 0 saturated heterocycles. The summed E-state index contributed by atoms with van der Waals surface area (Å²) in [4.78, 5) is 11.1. The van der Waals surface area contributed by atoms with E-state index in [9.17, 15) is 15.0 Å². The minimum atomic E-state index is -0.684. The number of carboxylic acids is 1. The van der Waals surface area contributed by atoms with E-state index < -0.39 is 5.97 Å². The summed E-state index contributed by atoms with van der Waals surface area (Å²) in [6.07, 6.45) is 9.19. The van der Waals surface area contributed by atoms with Gasteiger partial charge < -0.3 is 15.3 Å². The van der Waals surface area contributed by atoms with Crippen molar-refractivity contribution in [3.05, 3.63) is 0 Å². The van der Waals surface area contributed by atoms with Crippen LogP contribution in [0.4, 0.5) is 0 Å². The average molecular weight is 393 g/mol. The standard InChI is InChI=1S/C24H40O4/c1-14(4-7-21(27)28)17-5-6-18-22-19(9-11-24(17,18)3)23(2)10-8-16(25)12-15(23)13-20(22)26/h14-20,22,25-26H,4-13H2,1-3H3,(H,27,28)/t14-,15+,16-,17-,18+,19?,20+,22+,23+,24-/m1/s1. The third kappa shape index (κ3) is 3.14. The Balaban J connectivity index is 1.55. The van der Waals surface area contributed by atoms with E-state index in [-0.39, 0.29) is 29.5 Å². The first-order chi connectivity index (χ1) is 13.2. The van der Waals surface area contributed by atoms with Crippen LogP contribution in [0.3, 0.4) is 0 Å². The minimum absolute atomic E-state index is 0.179. The number of aliphatic carboxylic acids is 1. The molecule has 28 heavy (non-hydrogen) atoms. The summed E-state index contributed by atoms with van der Waals surface area (Å²) in [5.74, 6) is 2.36. The summed E-state index contributed by atoms with van der Waals surface area (Å²) in [7, 11) is 0. The van der Waals surface area contributed by atoms with Gasteiger partial charge in [0.1, 0.15) is 0 Å². The summed E-state index contributed by atoms with van der Waals surface area (Å²) >= 11 is 0. The van der Waals surface area contributed by atoms with Gasteiger partial charge in [-0.05, 0) is 104 Å². The molecule has 4 aliphatic rings. The van der Waals surface area contributed by atoms with Crippen LogP contribution < -0.4 is 0 Å². The number of aliphatic hydroxyl groups excluding tert-OH is 2. The molecule has 4 nitrogen and oxygen atoms in total. The van der Waals surface area contributed by atoms with Gasteiger partial charge in [0.25, 0.3) is 0 Å². The normalized spacial score (nSPS) is 51.7. The second kappa shape index (κ2) is 7.27. The van der Waals surface area contributed by atoms with Crippen LogP contribution in [0, 0.1) is 46.3 Å². The van der Waals surface area contributed by atoms with E-state index in [0.717, 1.165) is 32.1 Å². The molecule has 0 amide bonds. The van der Waals surface area contributed by atoms with Gasteiger partial charge in [-0.3, -0.25) is 4.79 Å². The molecule has 0 aromatic heterocycles. The summed E-state index contributed by atoms with van der Waals surface area (Å²) < 4.78 is 0. The highest BCUT2D eigenvalue weighted by atomic mass is 16.4. The van der Waals surface area contributed by atoms with Gasteiger partial charge in [-0.1, -0.05) is 20.8 Å². The average Bonchev–Trinajstić information content (AvgIpc) is 2.98. The molecule has 4 aliphatic carbocycles. The molecule has 0 radical (unpaired) electrons. The van der Waals surface area contributed by atoms with Crippen LogP contribution in [-0.2, 0) is 4.79 Å². The van der Waals surface area contributed by atoms with Gasteiger partial charge in [-0.25, -0.2) is 0 Å². The van der Waals surface area contributed by atoms with Crippen molar-refractivity contribution in [2.45, 2.75) is 97.2 Å². The van der Waals surface area contributed by atoms with Crippen LogP contribution in [0.2, 0.25) is 0 Å². The molecule has 160 valence electrons. The zero-order valence-electron chi connectivity index (χ0n) is 17.9. The van der Waals surface area contributed by atoms with Crippen LogP contribution >= 0.6 is 0 Å². The SMILES string of the molecule is C[C@H](CCC(=O)O)[C@H]1CC[C@H]2[C@H]3C(CC[C@]12C)[C@@]1(C)CC[C@@H](O)C[C@H]1C[C@@H]3O. The highest BCUT2D eigenvalue weighted by Crippen LogP contribution is 2.68. The van der Waals surface area contributed by atoms with Crippen molar-refractivity contribution in [2.24, 2.45) is 46.3 Å². The van der Waals surface area contributed by atoms with Gasteiger partial charge in [0.15, 0.2) is 0 Å². The van der Waals surface area contributed by atoms with E-state index in [4.69, 9.17) is 5.11 Å². The molecule has 0 heterocycles. The van der Waals surface area contributed by atoms with E-state index in [1.54, 1.807) is 0 Å². The molecule has 4 saturated carbocycles. The lowest BCUT2D eigenvalue weighted by atomic mass is 9.43. The first kappa shape index (κ1) is 20.7. The number of carbonyl (C=O) groups is 1. The number of hydrogen-bond donors (Lipinski definition) is 3. The first-order valence-corrected chi connectivity index (χ1v) is 11.7. The molecule has 3 N–H and O–H groups in total. The fourth-order valence-corrected chi connectivity index (χ4v) is 8.73. The molecule has 4 heteroatoms. The topological polar surface area (TPSA) is 77.8 Å². The highest BCUT2D eigenvalue weighted by Gasteiger charge is 2.62. The van der Waals surface area contributed by atoms with Crippen molar-refractivity contribution >= 4 is 5.97 Å². The molecular weight excluding hydrogens is 352 g/mol. The largest absolute Gasteiger partial charge is 0.481 e. The maximum Gasteiger partial charge on any atom is 0.303 e. The van der Waals surface area contributed by atoms with E-state index >= 15 is 0 Å². The van der Waals surface area contributed by atoms with Crippen molar-refractivity contribution in [3.8, 4) is 0 Å². The maximum atomic E-state index is 11.2. The lowest BCUT2D eigenvalue weighted by Gasteiger charge is -2.62. The van der Waals surface area contributed by atoms with Crippen molar-refractivity contribution in [2.75, 3.05) is 0 Å². The van der Waals surface area contributed by atoms with Crippen molar-refractivity contribution < 1.29 is 20.1 Å². The van der Waals surface area contributed by atoms with Crippen molar-refractivity contribution in [1.29, 1.82) is 0 Å². The summed E-state index contributed by atoms with van der Waals surface area (Å²) in [6.45, 7) is 7.16. The lowest BCUT2D eigenvalue weighted by Crippen LogP contribution is -2.58. The molecule has 0 bridgehead atoms. The molecule has 0 spiro atoms. The quantitative estimate of drug-likeness (QED) is 0.659. The number of hydrogen-bond acceptors (Lipinski definition) is 3. The minimum Gasteiger partial charge on any atom is -0.481 e. The summed E-state index contributed by atoms with van der Waals surface area (Å²) in [6, 6.07) is 0. The van der Waals surface area contributed by atoms with Gasteiger partial charge >= 0.3 is 5.97 Å². The van der Waals surface area contributed by atoms with E-state index in [1.807, 2.05) is 0 Å². The van der Waals surface area contributed by atoms with E-state index in [2.05, 4.69) is 20.8 Å². The zero-order valence-corrected chi connectivity index (χ0v) is 17.9. The Labute approximate surface area is 170 Å². The summed E-state index contributed by atoms with van der Waals surface area (Å²) in [5, 5.41) is 30.5. The molecule has 4 fully saturated rings. The number of aliphatic hydroxyl groups is 2. The molecule has 4 rings (SSSR count). The first-order valence-electron chi connectivity index (χ1n) is 11.7. The monoisotopic (exact) mass is 392 g/mol. The Morgan fingerprint density at radius 1 is 1.00 bits per heavy atom. The maximum absolute atomic E-state index is 11.2. The Kier molecular flexibility index (Phi) is 5.36. The van der Waals surface area contributed by atoms with Crippen molar-refractivity contribution in [3.63, 3.8) is 0 Å². The smallest absolute Gasteiger partial charge is 0.303 e. The van der Waals surface area contributed by atoms with Crippen molar-refractivity contribution in [1.82, 2.24) is 0 Å². The van der Waals surface area contributed by atoms with Gasteiger partial charge in [0, 0.05) is 6.42 Å². The molecular formula is C24H40O4. The highest BCUT2D eigenvalue weighted by molar-refractivity contribution is 5.66. The second-order valence-corrected chi connectivity index (χ2v) is 11.4.